The van der Waals surface area contributed by atoms with Crippen LogP contribution in [-0.4, -0.2) is 45.7 Å². The largest absolute Gasteiger partial charge is 0.493 e. The Morgan fingerprint density at radius 1 is 1.08 bits per heavy atom. The first-order valence-corrected chi connectivity index (χ1v) is 7.71. The van der Waals surface area contributed by atoms with Crippen molar-refractivity contribution in [1.29, 1.82) is 0 Å². The van der Waals surface area contributed by atoms with E-state index in [-0.39, 0.29) is 30.8 Å². The maximum absolute atomic E-state index is 12.0. The number of rotatable bonds is 8. The maximum atomic E-state index is 12.0. The summed E-state index contributed by atoms with van der Waals surface area (Å²) in [6.07, 6.45) is 0.203. The van der Waals surface area contributed by atoms with E-state index in [1.54, 1.807) is 12.1 Å². The fourth-order valence-electron chi connectivity index (χ4n) is 2.30. The number of hydrogen-bond donors (Lipinski definition) is 1. The molecule has 0 aliphatic carbocycles. The third kappa shape index (κ3) is 5.04. The highest BCUT2D eigenvalue weighted by atomic mass is 16.5. The Labute approximate surface area is 142 Å². The van der Waals surface area contributed by atoms with Gasteiger partial charge in [0.1, 0.15) is 0 Å². The molecule has 1 aromatic rings. The highest BCUT2D eigenvalue weighted by Gasteiger charge is 2.19. The summed E-state index contributed by atoms with van der Waals surface area (Å²) in [7, 11) is 4.53. The summed E-state index contributed by atoms with van der Waals surface area (Å²) < 4.78 is 15.9. The lowest BCUT2D eigenvalue weighted by Crippen LogP contribution is -2.36. The molecule has 1 N–H and O–H groups in total. The van der Waals surface area contributed by atoms with Crippen molar-refractivity contribution in [2.24, 2.45) is 0 Å². The summed E-state index contributed by atoms with van der Waals surface area (Å²) in [4.78, 5) is 25.4. The Morgan fingerprint density at radius 3 is 2.00 bits per heavy atom. The first-order chi connectivity index (χ1) is 11.3. The SMILES string of the molecule is COc1cc(N(CCC(=O)NC(C)C)C(C)=O)cc(OC)c1OC. The molecule has 0 spiro atoms. The lowest BCUT2D eigenvalue weighted by atomic mass is 10.2. The van der Waals surface area contributed by atoms with Crippen LogP contribution < -0.4 is 24.4 Å². The number of ether oxygens (including phenoxy) is 3. The maximum Gasteiger partial charge on any atom is 0.223 e. The standard InChI is InChI=1S/C17H26N2O5/c1-11(2)18-16(21)7-8-19(12(3)20)13-9-14(22-4)17(24-6)15(10-13)23-5/h9-11H,7-8H2,1-6H3,(H,18,21). The van der Waals surface area contributed by atoms with Gasteiger partial charge >= 0.3 is 0 Å². The van der Waals surface area contributed by atoms with Crippen molar-refractivity contribution >= 4 is 17.5 Å². The van der Waals surface area contributed by atoms with E-state index in [2.05, 4.69) is 5.32 Å². The zero-order valence-electron chi connectivity index (χ0n) is 15.1. The number of benzene rings is 1. The van der Waals surface area contributed by atoms with Gasteiger partial charge < -0.3 is 24.4 Å². The molecular weight excluding hydrogens is 312 g/mol. The van der Waals surface area contributed by atoms with Gasteiger partial charge in [-0.3, -0.25) is 9.59 Å². The molecule has 0 atom stereocenters. The van der Waals surface area contributed by atoms with Crippen molar-refractivity contribution in [2.75, 3.05) is 32.8 Å². The van der Waals surface area contributed by atoms with Crippen LogP contribution in [-0.2, 0) is 9.59 Å². The minimum atomic E-state index is -0.179. The minimum absolute atomic E-state index is 0.0597. The van der Waals surface area contributed by atoms with E-state index in [1.165, 1.54) is 33.2 Å². The van der Waals surface area contributed by atoms with E-state index in [1.807, 2.05) is 13.8 Å². The van der Waals surface area contributed by atoms with Crippen LogP contribution in [0.1, 0.15) is 27.2 Å². The predicted octanol–water partition coefficient (Wildman–Crippen LogP) is 1.98. The lowest BCUT2D eigenvalue weighted by molar-refractivity contribution is -0.121. The van der Waals surface area contributed by atoms with Gasteiger partial charge in [0.25, 0.3) is 0 Å². The molecule has 2 amide bonds. The van der Waals surface area contributed by atoms with Crippen LogP contribution in [0.15, 0.2) is 12.1 Å². The van der Waals surface area contributed by atoms with Crippen molar-refractivity contribution in [3.63, 3.8) is 0 Å². The number of methoxy groups -OCH3 is 3. The van der Waals surface area contributed by atoms with Gasteiger partial charge in [0.2, 0.25) is 17.6 Å². The number of nitrogens with zero attached hydrogens (tertiary/aromatic N) is 1. The molecule has 0 unspecified atom stereocenters. The van der Waals surface area contributed by atoms with Crippen LogP contribution in [0.3, 0.4) is 0 Å². The Balaban J connectivity index is 3.08. The summed E-state index contributed by atoms with van der Waals surface area (Å²) in [6.45, 7) is 5.48. The van der Waals surface area contributed by atoms with Gasteiger partial charge in [0.15, 0.2) is 11.5 Å². The molecule has 1 rings (SSSR count). The Hall–Kier alpha value is -2.44. The minimum Gasteiger partial charge on any atom is -0.493 e. The van der Waals surface area contributed by atoms with Crippen molar-refractivity contribution in [2.45, 2.75) is 33.2 Å². The first kappa shape index (κ1) is 19.6. The van der Waals surface area contributed by atoms with Gasteiger partial charge in [0, 0.05) is 38.1 Å². The number of anilines is 1. The number of nitrogens with one attached hydrogen (secondary N) is 1. The third-order valence-electron chi connectivity index (χ3n) is 3.35. The van der Waals surface area contributed by atoms with Crippen molar-refractivity contribution < 1.29 is 23.8 Å². The molecule has 0 saturated carbocycles. The topological polar surface area (TPSA) is 77.1 Å². The van der Waals surface area contributed by atoms with Gasteiger partial charge in [-0.15, -0.1) is 0 Å². The van der Waals surface area contributed by atoms with E-state index < -0.39 is 0 Å². The third-order valence-corrected chi connectivity index (χ3v) is 3.35. The molecule has 0 saturated heterocycles. The fraction of sp³-hybridized carbons (Fsp3) is 0.529. The smallest absolute Gasteiger partial charge is 0.223 e. The van der Waals surface area contributed by atoms with E-state index in [9.17, 15) is 9.59 Å². The van der Waals surface area contributed by atoms with Crippen LogP contribution >= 0.6 is 0 Å². The van der Waals surface area contributed by atoms with Crippen LogP contribution in [0.25, 0.3) is 0 Å². The molecular formula is C17H26N2O5. The zero-order chi connectivity index (χ0) is 18.3. The van der Waals surface area contributed by atoms with Gasteiger partial charge in [-0.25, -0.2) is 0 Å². The summed E-state index contributed by atoms with van der Waals surface area (Å²) in [5.74, 6) is 1.06. The molecule has 0 heterocycles. The summed E-state index contributed by atoms with van der Waals surface area (Å²) in [5, 5.41) is 2.81. The second-order valence-electron chi connectivity index (χ2n) is 5.53. The Kier molecular flexibility index (Phi) is 7.35. The fourth-order valence-corrected chi connectivity index (χ4v) is 2.30. The molecule has 0 fully saturated rings. The molecule has 0 bridgehead atoms. The summed E-state index contributed by atoms with van der Waals surface area (Å²) in [5.41, 5.74) is 0.578. The average molecular weight is 338 g/mol. The van der Waals surface area contributed by atoms with Gasteiger partial charge in [-0.05, 0) is 13.8 Å². The summed E-state index contributed by atoms with van der Waals surface area (Å²) in [6, 6.07) is 3.43. The highest BCUT2D eigenvalue weighted by Crippen LogP contribution is 2.41. The quantitative estimate of drug-likeness (QED) is 0.784. The molecule has 7 nitrogen and oxygen atoms in total. The first-order valence-electron chi connectivity index (χ1n) is 7.71. The predicted molar refractivity (Wildman–Crippen MR) is 92.0 cm³/mol. The average Bonchev–Trinajstić information content (AvgIpc) is 2.52. The number of amides is 2. The van der Waals surface area contributed by atoms with Gasteiger partial charge in [0.05, 0.1) is 27.0 Å². The molecule has 0 radical (unpaired) electrons. The lowest BCUT2D eigenvalue weighted by Gasteiger charge is -2.23. The van der Waals surface area contributed by atoms with Crippen LogP contribution in [0.5, 0.6) is 17.2 Å². The van der Waals surface area contributed by atoms with E-state index in [0.29, 0.717) is 22.9 Å². The van der Waals surface area contributed by atoms with Crippen LogP contribution in [0.4, 0.5) is 5.69 Å². The second-order valence-corrected chi connectivity index (χ2v) is 5.53. The molecule has 24 heavy (non-hydrogen) atoms. The molecule has 0 aromatic heterocycles. The number of carbonyl (C=O) groups excluding carboxylic acids is 2. The normalized spacial score (nSPS) is 10.3. The summed E-state index contributed by atoms with van der Waals surface area (Å²) >= 11 is 0. The molecule has 1 aromatic carbocycles. The van der Waals surface area contributed by atoms with Crippen molar-refractivity contribution in [3.05, 3.63) is 12.1 Å². The number of hydrogen-bond acceptors (Lipinski definition) is 5. The Bertz CT molecular complexity index is 561. The van der Waals surface area contributed by atoms with E-state index in [4.69, 9.17) is 14.2 Å². The van der Waals surface area contributed by atoms with Crippen molar-refractivity contribution in [1.82, 2.24) is 5.32 Å². The van der Waals surface area contributed by atoms with Gasteiger partial charge in [-0.2, -0.15) is 0 Å². The molecule has 7 heteroatoms. The molecule has 0 aliphatic heterocycles. The molecule has 0 aliphatic rings. The van der Waals surface area contributed by atoms with Crippen molar-refractivity contribution in [3.8, 4) is 17.2 Å². The van der Waals surface area contributed by atoms with E-state index >= 15 is 0 Å². The molecule has 134 valence electrons. The van der Waals surface area contributed by atoms with Gasteiger partial charge in [-0.1, -0.05) is 0 Å². The second kappa shape index (κ2) is 9.00. The van der Waals surface area contributed by atoms with Crippen LogP contribution in [0.2, 0.25) is 0 Å². The Morgan fingerprint density at radius 2 is 1.62 bits per heavy atom. The highest BCUT2D eigenvalue weighted by molar-refractivity contribution is 5.93. The van der Waals surface area contributed by atoms with E-state index in [0.717, 1.165) is 0 Å². The van der Waals surface area contributed by atoms with Crippen LogP contribution in [0, 0.1) is 0 Å². The zero-order valence-corrected chi connectivity index (χ0v) is 15.1. The number of carbonyl (C=O) groups is 2. The monoisotopic (exact) mass is 338 g/mol.